The molecule has 1 aromatic rings. The third-order valence-corrected chi connectivity index (χ3v) is 3.70. The minimum absolute atomic E-state index is 0.195. The molecule has 2 atom stereocenters. The average molecular weight is 285 g/mol. The van der Waals surface area contributed by atoms with E-state index in [2.05, 4.69) is 10.1 Å². The molecular weight excluding hydrogens is 264 g/mol. The Labute approximate surface area is 118 Å². The zero-order chi connectivity index (χ0) is 14.4. The third-order valence-electron chi connectivity index (χ3n) is 3.70. The van der Waals surface area contributed by atoms with Crippen LogP contribution in [0.25, 0.3) is 0 Å². The summed E-state index contributed by atoms with van der Waals surface area (Å²) in [4.78, 5) is 0. The minimum Gasteiger partial charge on any atom is -0.435 e. The van der Waals surface area contributed by atoms with Gasteiger partial charge >= 0.3 is 6.61 Å². The number of halogens is 2. The Kier molecular flexibility index (Phi) is 5.73. The molecule has 1 aromatic carbocycles. The maximum atomic E-state index is 12.0. The van der Waals surface area contributed by atoms with E-state index in [1.165, 1.54) is 6.42 Å². The lowest BCUT2D eigenvalue weighted by atomic mass is 9.92. The van der Waals surface area contributed by atoms with Crippen molar-refractivity contribution in [1.82, 2.24) is 5.32 Å². The molecule has 0 aromatic heterocycles. The summed E-state index contributed by atoms with van der Waals surface area (Å²) in [6.45, 7) is -2.04. The van der Waals surface area contributed by atoms with Crippen LogP contribution in [-0.4, -0.2) is 25.9 Å². The van der Waals surface area contributed by atoms with Crippen molar-refractivity contribution in [2.24, 2.45) is 0 Å². The normalized spacial score (nSPS) is 23.0. The van der Waals surface area contributed by atoms with Crippen molar-refractivity contribution >= 4 is 0 Å². The molecule has 0 heterocycles. The van der Waals surface area contributed by atoms with Crippen molar-refractivity contribution in [2.45, 2.75) is 51.0 Å². The number of benzene rings is 1. The molecule has 0 spiro atoms. The van der Waals surface area contributed by atoms with Gasteiger partial charge in [-0.2, -0.15) is 8.78 Å². The highest BCUT2D eigenvalue weighted by molar-refractivity contribution is 5.27. The Morgan fingerprint density at radius 2 is 2.00 bits per heavy atom. The summed E-state index contributed by atoms with van der Waals surface area (Å²) in [6.07, 6.45) is 4.85. The lowest BCUT2D eigenvalue weighted by molar-refractivity contribution is -0.0498. The molecule has 1 saturated carbocycles. The highest BCUT2D eigenvalue weighted by Crippen LogP contribution is 2.21. The Hall–Kier alpha value is -1.20. The Balaban J connectivity index is 1.78. The Morgan fingerprint density at radius 3 is 2.65 bits per heavy atom. The number of ether oxygens (including phenoxy) is 2. The van der Waals surface area contributed by atoms with Crippen molar-refractivity contribution in [1.29, 1.82) is 0 Å². The SMILES string of the molecule is COC1CCCC(NCc2ccc(OC(F)F)cc2)C1. The van der Waals surface area contributed by atoms with Crippen LogP contribution in [0, 0.1) is 0 Å². The topological polar surface area (TPSA) is 30.5 Å². The van der Waals surface area contributed by atoms with Crippen LogP contribution in [0.5, 0.6) is 5.75 Å². The maximum Gasteiger partial charge on any atom is 0.387 e. The Bertz CT molecular complexity index is 397. The lowest BCUT2D eigenvalue weighted by Crippen LogP contribution is -2.36. The summed E-state index contributed by atoms with van der Waals surface area (Å²) < 4.78 is 33.8. The van der Waals surface area contributed by atoms with Gasteiger partial charge in [0.15, 0.2) is 0 Å². The second-order valence-corrected chi connectivity index (χ2v) is 5.12. The monoisotopic (exact) mass is 285 g/mol. The lowest BCUT2D eigenvalue weighted by Gasteiger charge is -2.29. The number of hydrogen-bond acceptors (Lipinski definition) is 3. The molecule has 1 fully saturated rings. The van der Waals surface area contributed by atoms with Crippen molar-refractivity contribution in [3.8, 4) is 5.75 Å². The van der Waals surface area contributed by atoms with Gasteiger partial charge < -0.3 is 14.8 Å². The number of rotatable bonds is 6. The minimum atomic E-state index is -2.77. The number of methoxy groups -OCH3 is 1. The molecule has 0 bridgehead atoms. The molecule has 1 N–H and O–H groups in total. The fourth-order valence-corrected chi connectivity index (χ4v) is 2.60. The van der Waals surface area contributed by atoms with E-state index in [1.54, 1.807) is 31.4 Å². The van der Waals surface area contributed by atoms with Crippen LogP contribution in [0.4, 0.5) is 8.78 Å². The summed E-state index contributed by atoms with van der Waals surface area (Å²) in [7, 11) is 1.76. The van der Waals surface area contributed by atoms with Crippen LogP contribution >= 0.6 is 0 Å². The molecule has 2 rings (SSSR count). The molecular formula is C15H21F2NO2. The smallest absolute Gasteiger partial charge is 0.387 e. The quantitative estimate of drug-likeness (QED) is 0.869. The van der Waals surface area contributed by atoms with Gasteiger partial charge in [-0.25, -0.2) is 0 Å². The molecule has 3 nitrogen and oxygen atoms in total. The summed E-state index contributed by atoms with van der Waals surface area (Å²) in [5.74, 6) is 0.195. The summed E-state index contributed by atoms with van der Waals surface area (Å²) in [5, 5.41) is 3.49. The van der Waals surface area contributed by atoms with E-state index in [4.69, 9.17) is 4.74 Å². The van der Waals surface area contributed by atoms with Crippen molar-refractivity contribution in [3.05, 3.63) is 29.8 Å². The third kappa shape index (κ3) is 4.72. The van der Waals surface area contributed by atoms with Gasteiger partial charge in [-0.05, 0) is 43.4 Å². The number of hydrogen-bond donors (Lipinski definition) is 1. The highest BCUT2D eigenvalue weighted by Gasteiger charge is 2.20. The van der Waals surface area contributed by atoms with Crippen molar-refractivity contribution < 1.29 is 18.3 Å². The molecule has 1 aliphatic rings. The van der Waals surface area contributed by atoms with Crippen LogP contribution in [-0.2, 0) is 11.3 Å². The van der Waals surface area contributed by atoms with Crippen LogP contribution < -0.4 is 10.1 Å². The predicted octanol–water partition coefficient (Wildman–Crippen LogP) is 3.34. The average Bonchev–Trinajstić information content (AvgIpc) is 2.46. The zero-order valence-electron chi connectivity index (χ0n) is 11.6. The van der Waals surface area contributed by atoms with Crippen LogP contribution in [0.2, 0.25) is 0 Å². The maximum absolute atomic E-state index is 12.0. The van der Waals surface area contributed by atoms with E-state index in [0.29, 0.717) is 12.1 Å². The van der Waals surface area contributed by atoms with Crippen LogP contribution in [0.1, 0.15) is 31.2 Å². The second-order valence-electron chi connectivity index (χ2n) is 5.12. The molecule has 112 valence electrons. The first-order valence-electron chi connectivity index (χ1n) is 6.97. The van der Waals surface area contributed by atoms with Gasteiger partial charge in [0.1, 0.15) is 5.75 Å². The first kappa shape index (κ1) is 15.2. The largest absolute Gasteiger partial charge is 0.435 e. The molecule has 2 unspecified atom stereocenters. The second kappa shape index (κ2) is 7.55. The molecule has 0 amide bonds. The van der Waals surface area contributed by atoms with E-state index in [9.17, 15) is 8.78 Å². The predicted molar refractivity (Wildman–Crippen MR) is 73.0 cm³/mol. The fraction of sp³-hybridized carbons (Fsp3) is 0.600. The van der Waals surface area contributed by atoms with Gasteiger partial charge in [-0.15, -0.1) is 0 Å². The van der Waals surface area contributed by atoms with Gasteiger partial charge in [0, 0.05) is 19.7 Å². The number of nitrogens with one attached hydrogen (secondary N) is 1. The van der Waals surface area contributed by atoms with Crippen LogP contribution in [0.3, 0.4) is 0 Å². The van der Waals surface area contributed by atoms with Crippen molar-refractivity contribution in [2.75, 3.05) is 7.11 Å². The van der Waals surface area contributed by atoms with E-state index in [0.717, 1.165) is 31.4 Å². The molecule has 1 aliphatic carbocycles. The van der Waals surface area contributed by atoms with Gasteiger partial charge in [0.25, 0.3) is 0 Å². The first-order valence-corrected chi connectivity index (χ1v) is 6.97. The van der Waals surface area contributed by atoms with Crippen LogP contribution in [0.15, 0.2) is 24.3 Å². The standard InChI is InChI=1S/C15H21F2NO2/c1-19-14-4-2-3-12(9-14)18-10-11-5-7-13(8-6-11)20-15(16)17/h5-8,12,14-15,18H,2-4,9-10H2,1H3. The molecule has 0 saturated heterocycles. The molecule has 5 heteroatoms. The highest BCUT2D eigenvalue weighted by atomic mass is 19.3. The fourth-order valence-electron chi connectivity index (χ4n) is 2.60. The van der Waals surface area contributed by atoms with E-state index in [-0.39, 0.29) is 5.75 Å². The first-order chi connectivity index (χ1) is 9.67. The van der Waals surface area contributed by atoms with Gasteiger partial charge in [-0.1, -0.05) is 12.1 Å². The zero-order valence-corrected chi connectivity index (χ0v) is 11.6. The van der Waals surface area contributed by atoms with Gasteiger partial charge in [-0.3, -0.25) is 0 Å². The summed E-state index contributed by atoms with van der Waals surface area (Å²) >= 11 is 0. The van der Waals surface area contributed by atoms with Gasteiger partial charge in [0.05, 0.1) is 6.10 Å². The number of alkyl halides is 2. The van der Waals surface area contributed by atoms with E-state index in [1.807, 2.05) is 0 Å². The summed E-state index contributed by atoms with van der Waals surface area (Å²) in [6, 6.07) is 7.22. The van der Waals surface area contributed by atoms with Crippen molar-refractivity contribution in [3.63, 3.8) is 0 Å². The van der Waals surface area contributed by atoms with E-state index >= 15 is 0 Å². The molecule has 0 aliphatic heterocycles. The summed E-state index contributed by atoms with van der Waals surface area (Å²) in [5.41, 5.74) is 1.06. The van der Waals surface area contributed by atoms with E-state index < -0.39 is 6.61 Å². The molecule has 0 radical (unpaired) electrons. The Morgan fingerprint density at radius 1 is 1.25 bits per heavy atom. The van der Waals surface area contributed by atoms with Gasteiger partial charge in [0.2, 0.25) is 0 Å². The molecule has 20 heavy (non-hydrogen) atoms.